The van der Waals surface area contributed by atoms with E-state index in [2.05, 4.69) is 19.7 Å². The van der Waals surface area contributed by atoms with E-state index in [1.165, 1.54) is 19.2 Å². The molecule has 4 rings (SSSR count). The predicted molar refractivity (Wildman–Crippen MR) is 151 cm³/mol. The quantitative estimate of drug-likeness (QED) is 0.0413. The lowest BCUT2D eigenvalue weighted by Crippen LogP contribution is -2.76. The highest BCUT2D eigenvalue weighted by molar-refractivity contribution is 7.80. The van der Waals surface area contributed by atoms with Crippen molar-refractivity contribution in [2.45, 2.75) is 51.0 Å². The lowest BCUT2D eigenvalue weighted by atomic mass is 9.84. The number of hydroxylamine groups is 2. The Bertz CT molecular complexity index is 1730. The first-order chi connectivity index (χ1) is 20.5. The average Bonchev–Trinajstić information content (AvgIpc) is 3.48. The standard InChI is InChI=1S/C24H30N8O10S2/c1-12(25)8-31-9-13-7-14(5-6-16(13)30(31)4)40-10-17(22(35)36)41-29-18(15-11-43-23(26)27-15)20(33)28-19-21(34)32(24(19,2)3)42-44(37,38)39/h5-7,9,11-12,17,19H,8,10,25H2,1-4H3,(H4-,26,27,28,33,35,36,37,38,39)/b29-18-/t12?,17?,19-/m1/s1. The van der Waals surface area contributed by atoms with Crippen molar-refractivity contribution >= 4 is 61.3 Å². The van der Waals surface area contributed by atoms with E-state index >= 15 is 0 Å². The number of carboxylic acids is 1. The molecule has 2 aromatic heterocycles. The molecule has 1 saturated heterocycles. The van der Waals surface area contributed by atoms with Gasteiger partial charge in [0, 0.05) is 5.38 Å². The first-order valence-electron chi connectivity index (χ1n) is 12.8. The first kappa shape index (κ1) is 32.5. The Morgan fingerprint density at radius 3 is 2.64 bits per heavy atom. The zero-order chi connectivity index (χ0) is 32.6. The normalized spacial score (nSPS) is 18.0. The summed E-state index contributed by atoms with van der Waals surface area (Å²) in [5, 5.41) is 18.3. The molecule has 0 saturated carbocycles. The fourth-order valence-corrected chi connectivity index (χ4v) is 5.32. The van der Waals surface area contributed by atoms with E-state index in [4.69, 9.17) is 21.0 Å². The van der Waals surface area contributed by atoms with Crippen LogP contribution in [0.5, 0.6) is 5.75 Å². The van der Waals surface area contributed by atoms with Crippen molar-refractivity contribution in [1.82, 2.24) is 20.0 Å². The summed E-state index contributed by atoms with van der Waals surface area (Å²) in [4.78, 5) is 46.7. The smallest absolute Gasteiger partial charge is 0.351 e. The molecule has 3 heterocycles. The van der Waals surface area contributed by atoms with E-state index in [0.29, 0.717) is 17.4 Å². The van der Waals surface area contributed by atoms with Crippen LogP contribution in [-0.2, 0) is 47.5 Å². The van der Waals surface area contributed by atoms with E-state index in [-0.39, 0.29) is 16.9 Å². The number of benzene rings is 1. The van der Waals surface area contributed by atoms with Gasteiger partial charge in [-0.05, 0) is 39.0 Å². The number of β-lactam (4-membered cyclic amide) rings is 1. The van der Waals surface area contributed by atoms with Crippen LogP contribution in [0.25, 0.3) is 10.9 Å². The third kappa shape index (κ3) is 7.05. The van der Waals surface area contributed by atoms with Crippen molar-refractivity contribution in [3.8, 4) is 5.75 Å². The van der Waals surface area contributed by atoms with Crippen molar-refractivity contribution in [3.63, 3.8) is 0 Å². The summed E-state index contributed by atoms with van der Waals surface area (Å²) in [5.41, 5.74) is 10.4. The summed E-state index contributed by atoms with van der Waals surface area (Å²) in [6.07, 6.45) is 0.195. The predicted octanol–water partition coefficient (Wildman–Crippen LogP) is -1.40. The number of nitrogen functional groups attached to an aromatic ring is 1. The third-order valence-corrected chi connectivity index (χ3v) is 7.55. The van der Waals surface area contributed by atoms with Crippen molar-refractivity contribution in [3.05, 3.63) is 35.5 Å². The Labute approximate surface area is 254 Å². The van der Waals surface area contributed by atoms with Crippen LogP contribution in [0, 0.1) is 0 Å². The average molecular weight is 655 g/mol. The molecule has 18 nitrogen and oxygen atoms in total. The highest BCUT2D eigenvalue weighted by Crippen LogP contribution is 2.33. The van der Waals surface area contributed by atoms with E-state index in [1.807, 2.05) is 29.5 Å². The lowest BCUT2D eigenvalue weighted by molar-refractivity contribution is -0.772. The molecule has 0 aliphatic carbocycles. The summed E-state index contributed by atoms with van der Waals surface area (Å²) < 4.78 is 46.6. The summed E-state index contributed by atoms with van der Waals surface area (Å²) in [5.74, 6) is -3.18. The largest absolute Gasteiger partial charge is 0.724 e. The van der Waals surface area contributed by atoms with Gasteiger partial charge < -0.3 is 36.0 Å². The molecule has 0 spiro atoms. The van der Waals surface area contributed by atoms with E-state index in [0.717, 1.165) is 22.2 Å². The topological polar surface area (TPSA) is 258 Å². The van der Waals surface area contributed by atoms with Crippen LogP contribution in [0.4, 0.5) is 5.13 Å². The number of hydrogen-bond acceptors (Lipinski definition) is 14. The van der Waals surface area contributed by atoms with Gasteiger partial charge >= 0.3 is 5.97 Å². The Kier molecular flexibility index (Phi) is 9.11. The van der Waals surface area contributed by atoms with Crippen molar-refractivity contribution in [2.24, 2.45) is 17.9 Å². The molecule has 1 aliphatic rings. The number of fused-ring (bicyclic) bond motifs is 1. The number of carboxylic acid groups (broad SMARTS) is 1. The van der Waals surface area contributed by atoms with Crippen LogP contribution in [-0.4, -0.2) is 86.6 Å². The fourth-order valence-electron chi connectivity index (χ4n) is 4.33. The van der Waals surface area contributed by atoms with Crippen molar-refractivity contribution in [2.75, 3.05) is 12.3 Å². The number of thiazole rings is 1. The van der Waals surface area contributed by atoms with E-state index in [1.54, 1.807) is 18.2 Å². The molecule has 44 heavy (non-hydrogen) atoms. The number of nitrogens with two attached hydrogens (primary N) is 2. The number of carbonyl (C=O) groups is 3. The van der Waals surface area contributed by atoms with Crippen LogP contribution in [0.15, 0.2) is 34.9 Å². The lowest BCUT2D eigenvalue weighted by Gasteiger charge is -2.51. The van der Waals surface area contributed by atoms with Gasteiger partial charge in [-0.25, -0.2) is 18.2 Å². The highest BCUT2D eigenvalue weighted by Gasteiger charge is 2.57. The van der Waals surface area contributed by atoms with Gasteiger partial charge in [0.1, 0.15) is 29.6 Å². The number of anilines is 1. The minimum atomic E-state index is -5.26. The van der Waals surface area contributed by atoms with Gasteiger partial charge in [0.15, 0.2) is 17.4 Å². The number of aromatic nitrogens is 3. The van der Waals surface area contributed by atoms with Gasteiger partial charge in [-0.1, -0.05) is 5.16 Å². The molecule has 2 unspecified atom stereocenters. The Balaban J connectivity index is 1.50. The zero-order valence-electron chi connectivity index (χ0n) is 23.9. The Hall–Kier alpha value is -4.37. The van der Waals surface area contributed by atoms with Crippen molar-refractivity contribution < 1.29 is 51.0 Å². The van der Waals surface area contributed by atoms with Crippen LogP contribution >= 0.6 is 11.3 Å². The number of hydrogen-bond donors (Lipinski definition) is 4. The van der Waals surface area contributed by atoms with Crippen LogP contribution in [0.1, 0.15) is 26.5 Å². The van der Waals surface area contributed by atoms with Gasteiger partial charge in [-0.2, -0.15) is 14.0 Å². The molecule has 2 amide bonds. The molecule has 0 bridgehead atoms. The summed E-state index contributed by atoms with van der Waals surface area (Å²) >= 11 is 0.953. The summed E-state index contributed by atoms with van der Waals surface area (Å²) in [7, 11) is -3.38. The number of aliphatic carboxylic acids is 1. The number of aryl methyl sites for hydroxylation is 1. The fraction of sp³-hybridized carbons (Fsp3) is 0.417. The Morgan fingerprint density at radius 1 is 1.36 bits per heavy atom. The van der Waals surface area contributed by atoms with Crippen LogP contribution < -0.4 is 26.2 Å². The molecular weight excluding hydrogens is 624 g/mol. The number of nitrogens with one attached hydrogen (secondary N) is 1. The molecule has 3 atom stereocenters. The molecule has 1 aliphatic heterocycles. The van der Waals surface area contributed by atoms with Gasteiger partial charge in [0.2, 0.25) is 16.6 Å². The minimum Gasteiger partial charge on any atom is -0.724 e. The molecular formula is C24H30N8O10S2. The second-order valence-corrected chi connectivity index (χ2v) is 12.3. The minimum absolute atomic E-state index is 0.0532. The van der Waals surface area contributed by atoms with E-state index in [9.17, 15) is 32.5 Å². The van der Waals surface area contributed by atoms with Gasteiger partial charge in [0.05, 0.1) is 24.0 Å². The summed E-state index contributed by atoms with van der Waals surface area (Å²) in [6.45, 7) is 4.63. The molecule has 0 radical (unpaired) electrons. The van der Waals surface area contributed by atoms with E-state index < -0.39 is 58.2 Å². The van der Waals surface area contributed by atoms with Gasteiger partial charge in [0.25, 0.3) is 17.9 Å². The molecule has 3 aromatic rings. The summed E-state index contributed by atoms with van der Waals surface area (Å²) in [6, 6.07) is 3.74. The van der Waals surface area contributed by atoms with Gasteiger partial charge in [-0.15, -0.1) is 16.0 Å². The second kappa shape index (κ2) is 12.3. The molecule has 238 valence electrons. The number of oxime groups is 1. The maximum Gasteiger partial charge on any atom is 0.351 e. The van der Waals surface area contributed by atoms with Crippen LogP contribution in [0.3, 0.4) is 0 Å². The number of nitrogens with zero attached hydrogens (tertiary/aromatic N) is 5. The maximum atomic E-state index is 13.2. The number of rotatable bonds is 13. The third-order valence-electron chi connectivity index (χ3n) is 6.54. The molecule has 1 fully saturated rings. The van der Waals surface area contributed by atoms with Gasteiger partial charge in [-0.3, -0.25) is 9.59 Å². The monoisotopic (exact) mass is 654 g/mol. The molecule has 20 heteroatoms. The second-order valence-electron chi connectivity index (χ2n) is 10.4. The molecule has 1 aromatic carbocycles. The highest BCUT2D eigenvalue weighted by atomic mass is 32.3. The van der Waals surface area contributed by atoms with Crippen LogP contribution in [0.2, 0.25) is 0 Å². The zero-order valence-corrected chi connectivity index (χ0v) is 25.5. The number of amides is 2. The SMILES string of the molecule is CC(N)C[n+]1cc2cc(OCC(O/N=C(\C(=O)N[C@@H]3C(=O)N(OS(=O)(=O)[O-])C3(C)C)c3csc(N)n3)C(=O)O)ccc2n1C. The maximum absolute atomic E-state index is 13.2. The van der Waals surface area contributed by atoms with Crippen molar-refractivity contribution in [1.29, 1.82) is 0 Å². The first-order valence-corrected chi connectivity index (χ1v) is 15.0. The molecule has 6 N–H and O–H groups in total. The number of ether oxygens (including phenoxy) is 1. The number of carbonyl (C=O) groups excluding carboxylic acids is 2. The Morgan fingerprint density at radius 2 is 2.07 bits per heavy atom.